The molecule has 0 fully saturated rings. The lowest BCUT2D eigenvalue weighted by molar-refractivity contribution is 0.0977. The van der Waals surface area contributed by atoms with Crippen LogP contribution in [0.3, 0.4) is 0 Å². The Hall–Kier alpha value is -2.20. The molecule has 0 bridgehead atoms. The summed E-state index contributed by atoms with van der Waals surface area (Å²) >= 11 is 4.89. The van der Waals surface area contributed by atoms with Crippen molar-refractivity contribution in [1.29, 1.82) is 0 Å². The number of carbonyl (C=O) groups is 1. The molecule has 0 radical (unpaired) electrons. The van der Waals surface area contributed by atoms with Gasteiger partial charge in [-0.3, -0.25) is 10.1 Å². The Morgan fingerprint density at radius 2 is 1.53 bits per heavy atom. The molecule has 2 rings (SSSR count). The predicted molar refractivity (Wildman–Crippen MR) is 81.0 cm³/mol. The molecule has 0 heterocycles. The van der Waals surface area contributed by atoms with Crippen LogP contribution in [0, 0.1) is 0 Å². The van der Waals surface area contributed by atoms with Gasteiger partial charge in [0.25, 0.3) is 5.91 Å². The first kappa shape index (κ1) is 13.2. The van der Waals surface area contributed by atoms with Crippen molar-refractivity contribution in [3.63, 3.8) is 0 Å². The summed E-state index contributed by atoms with van der Waals surface area (Å²) in [5.74, 6) is -0.209. The minimum Gasteiger partial charge on any atom is -0.365 e. The van der Waals surface area contributed by atoms with E-state index < -0.39 is 0 Å². The van der Waals surface area contributed by atoms with Crippen molar-refractivity contribution in [1.82, 2.24) is 10.6 Å². The normalized spacial score (nSPS) is 9.74. The van der Waals surface area contributed by atoms with E-state index >= 15 is 0 Å². The molecule has 0 saturated heterocycles. The Morgan fingerprint density at radius 3 is 2.11 bits per heavy atom. The lowest BCUT2D eigenvalue weighted by Crippen LogP contribution is -2.37. The zero-order valence-corrected chi connectivity index (χ0v) is 11.3. The quantitative estimate of drug-likeness (QED) is 0.824. The van der Waals surface area contributed by atoms with Gasteiger partial charge in [-0.05, 0) is 35.5 Å². The molecule has 19 heavy (non-hydrogen) atoms. The summed E-state index contributed by atoms with van der Waals surface area (Å²) < 4.78 is 0. The number of amides is 1. The molecule has 0 unspecified atom stereocenters. The highest BCUT2D eigenvalue weighted by molar-refractivity contribution is 7.80. The van der Waals surface area contributed by atoms with E-state index in [1.165, 1.54) is 0 Å². The fourth-order valence-electron chi connectivity index (χ4n) is 1.68. The van der Waals surface area contributed by atoms with Crippen LogP contribution in [0.4, 0.5) is 0 Å². The predicted octanol–water partition coefficient (Wildman–Crippen LogP) is 2.59. The van der Waals surface area contributed by atoms with E-state index in [9.17, 15) is 4.79 Å². The lowest BCUT2D eigenvalue weighted by atomic mass is 10.0. The number of benzene rings is 2. The Labute approximate surface area is 117 Å². The van der Waals surface area contributed by atoms with Gasteiger partial charge in [-0.25, -0.2) is 0 Å². The first-order chi connectivity index (χ1) is 9.20. The van der Waals surface area contributed by atoms with E-state index in [4.69, 9.17) is 12.2 Å². The average Bonchev–Trinajstić information content (AvgIpc) is 2.48. The zero-order valence-electron chi connectivity index (χ0n) is 10.5. The fraction of sp³-hybridized carbons (Fsp3) is 0.0667. The van der Waals surface area contributed by atoms with Gasteiger partial charge >= 0.3 is 0 Å². The minimum atomic E-state index is -0.209. The molecule has 0 aliphatic rings. The van der Waals surface area contributed by atoms with Crippen LogP contribution in [0.5, 0.6) is 0 Å². The van der Waals surface area contributed by atoms with Crippen molar-refractivity contribution in [3.8, 4) is 11.1 Å². The highest BCUT2D eigenvalue weighted by Crippen LogP contribution is 2.19. The molecule has 0 atom stereocenters. The number of rotatable bonds is 2. The molecule has 0 spiro atoms. The second-order valence-electron chi connectivity index (χ2n) is 3.98. The van der Waals surface area contributed by atoms with Gasteiger partial charge in [0.15, 0.2) is 5.11 Å². The molecule has 0 aliphatic carbocycles. The average molecular weight is 270 g/mol. The van der Waals surface area contributed by atoms with E-state index in [1.807, 2.05) is 42.5 Å². The van der Waals surface area contributed by atoms with Crippen LogP contribution in [0.1, 0.15) is 10.4 Å². The number of carbonyl (C=O) groups excluding carboxylic acids is 1. The van der Waals surface area contributed by atoms with E-state index in [0.717, 1.165) is 11.1 Å². The molecule has 2 N–H and O–H groups in total. The molecule has 0 aromatic heterocycles. The van der Waals surface area contributed by atoms with Crippen molar-refractivity contribution in [2.24, 2.45) is 0 Å². The Balaban J connectivity index is 2.15. The third kappa shape index (κ3) is 3.39. The molecule has 1 amide bonds. The molecule has 2 aromatic rings. The molecular formula is C15H14N2OS. The maximum atomic E-state index is 11.8. The summed E-state index contributed by atoms with van der Waals surface area (Å²) in [6.07, 6.45) is 0. The number of hydrogen-bond donors (Lipinski definition) is 2. The van der Waals surface area contributed by atoms with Crippen molar-refractivity contribution in [2.75, 3.05) is 7.05 Å². The monoisotopic (exact) mass is 270 g/mol. The van der Waals surface area contributed by atoms with Crippen LogP contribution in [0.2, 0.25) is 0 Å². The first-order valence-corrected chi connectivity index (χ1v) is 6.30. The van der Waals surface area contributed by atoms with Gasteiger partial charge in [0.05, 0.1) is 0 Å². The van der Waals surface area contributed by atoms with Gasteiger partial charge in [-0.1, -0.05) is 42.5 Å². The molecule has 3 nitrogen and oxygen atoms in total. The molecule has 2 aromatic carbocycles. The largest absolute Gasteiger partial charge is 0.365 e. The second-order valence-corrected chi connectivity index (χ2v) is 4.38. The third-order valence-electron chi connectivity index (χ3n) is 2.71. The second kappa shape index (κ2) is 6.11. The molecular weight excluding hydrogens is 256 g/mol. The first-order valence-electron chi connectivity index (χ1n) is 5.89. The Morgan fingerprint density at radius 1 is 0.947 bits per heavy atom. The smallest absolute Gasteiger partial charge is 0.257 e. The lowest BCUT2D eigenvalue weighted by Gasteiger charge is -2.06. The van der Waals surface area contributed by atoms with Crippen molar-refractivity contribution in [3.05, 3.63) is 60.2 Å². The Kier molecular flexibility index (Phi) is 4.26. The van der Waals surface area contributed by atoms with Gasteiger partial charge in [-0.2, -0.15) is 0 Å². The molecule has 0 saturated carbocycles. The van der Waals surface area contributed by atoms with Crippen LogP contribution in [0.15, 0.2) is 54.6 Å². The van der Waals surface area contributed by atoms with Crippen LogP contribution < -0.4 is 10.6 Å². The van der Waals surface area contributed by atoms with Crippen molar-refractivity contribution >= 4 is 23.2 Å². The highest BCUT2D eigenvalue weighted by Gasteiger charge is 2.06. The topological polar surface area (TPSA) is 41.1 Å². The standard InChI is InChI=1S/C15H14N2OS/c1-16-15(19)17-14(18)13-9-7-12(8-10-13)11-5-3-2-4-6-11/h2-10H,1H3,(H2,16,17,18,19). The Bertz CT molecular complexity index is 579. The number of thiocarbonyl (C=S) groups is 1. The van der Waals surface area contributed by atoms with Crippen LogP contribution in [0.25, 0.3) is 11.1 Å². The zero-order chi connectivity index (χ0) is 13.7. The summed E-state index contributed by atoms with van der Waals surface area (Å²) in [5.41, 5.74) is 2.78. The van der Waals surface area contributed by atoms with Crippen LogP contribution >= 0.6 is 12.2 Å². The summed E-state index contributed by atoms with van der Waals surface area (Å²) in [5, 5.41) is 5.61. The molecule has 0 aliphatic heterocycles. The third-order valence-corrected chi connectivity index (χ3v) is 3.01. The summed E-state index contributed by atoms with van der Waals surface area (Å²) in [6.45, 7) is 0. The fourth-order valence-corrected chi connectivity index (χ4v) is 1.78. The number of nitrogens with one attached hydrogen (secondary N) is 2. The van der Waals surface area contributed by atoms with Crippen molar-refractivity contribution in [2.45, 2.75) is 0 Å². The van der Waals surface area contributed by atoms with Gasteiger partial charge in [0.2, 0.25) is 0 Å². The number of hydrogen-bond acceptors (Lipinski definition) is 2. The van der Waals surface area contributed by atoms with Gasteiger partial charge in [-0.15, -0.1) is 0 Å². The summed E-state index contributed by atoms with van der Waals surface area (Å²) in [6, 6.07) is 17.4. The summed E-state index contributed by atoms with van der Waals surface area (Å²) in [4.78, 5) is 11.8. The van der Waals surface area contributed by atoms with Gasteiger partial charge < -0.3 is 5.32 Å². The van der Waals surface area contributed by atoms with Crippen molar-refractivity contribution < 1.29 is 4.79 Å². The molecule has 96 valence electrons. The highest BCUT2D eigenvalue weighted by atomic mass is 32.1. The molecule has 4 heteroatoms. The maximum absolute atomic E-state index is 11.8. The maximum Gasteiger partial charge on any atom is 0.257 e. The van der Waals surface area contributed by atoms with E-state index in [2.05, 4.69) is 10.6 Å². The van der Waals surface area contributed by atoms with E-state index in [0.29, 0.717) is 10.7 Å². The van der Waals surface area contributed by atoms with Crippen LogP contribution in [-0.4, -0.2) is 18.1 Å². The van der Waals surface area contributed by atoms with E-state index in [1.54, 1.807) is 19.2 Å². The van der Waals surface area contributed by atoms with Gasteiger partial charge in [0.1, 0.15) is 0 Å². The van der Waals surface area contributed by atoms with E-state index in [-0.39, 0.29) is 5.91 Å². The van der Waals surface area contributed by atoms with Crippen LogP contribution in [-0.2, 0) is 0 Å². The SMILES string of the molecule is CNC(=S)NC(=O)c1ccc(-c2ccccc2)cc1. The minimum absolute atomic E-state index is 0.209. The van der Waals surface area contributed by atoms with Gasteiger partial charge in [0, 0.05) is 12.6 Å². The summed E-state index contributed by atoms with van der Waals surface area (Å²) in [7, 11) is 1.67.